The van der Waals surface area contributed by atoms with Gasteiger partial charge in [0.2, 0.25) is 0 Å². The molecule has 2 heterocycles. The summed E-state index contributed by atoms with van der Waals surface area (Å²) < 4.78 is 0. The lowest BCUT2D eigenvalue weighted by atomic mass is 9.89. The Morgan fingerprint density at radius 1 is 0.580 bits per heavy atom. The van der Waals surface area contributed by atoms with Crippen molar-refractivity contribution in [2.24, 2.45) is 0 Å². The van der Waals surface area contributed by atoms with Crippen LogP contribution in [0.1, 0.15) is 51.9 Å². The maximum atomic E-state index is 4.69. The summed E-state index contributed by atoms with van der Waals surface area (Å²) >= 11 is 0. The molecule has 3 unspecified atom stereocenters. The number of fused-ring (bicyclic) bond motifs is 5. The first kappa shape index (κ1) is 30.3. The van der Waals surface area contributed by atoms with E-state index in [0.29, 0.717) is 0 Å². The Morgan fingerprint density at radius 2 is 1.24 bits per heavy atom. The van der Waals surface area contributed by atoms with Crippen LogP contribution in [-0.4, -0.2) is 11.9 Å². The van der Waals surface area contributed by atoms with Crippen molar-refractivity contribution in [3.63, 3.8) is 0 Å². The topological polar surface area (TPSA) is 30.5 Å². The summed E-state index contributed by atoms with van der Waals surface area (Å²) in [6.07, 6.45) is 4.25. The molecule has 50 heavy (non-hydrogen) atoms. The molecule has 0 aliphatic carbocycles. The zero-order valence-corrected chi connectivity index (χ0v) is 28.0. The molecule has 242 valence electrons. The SMILES string of the molecule is C=C1c2ccccc2/C=C\N(c2cccc(C3NC(c4ccccc4)N(C)C(c4cccc5ccccc45)N3)c2)c2ccc3ccccc3c21. The van der Waals surface area contributed by atoms with E-state index in [1.807, 2.05) is 0 Å². The average molecular weight is 647 g/mol. The van der Waals surface area contributed by atoms with Crippen LogP contribution in [0.15, 0.2) is 171 Å². The lowest BCUT2D eigenvalue weighted by molar-refractivity contribution is 0.0423. The molecular formula is C46H38N4. The van der Waals surface area contributed by atoms with Gasteiger partial charge in [0.25, 0.3) is 0 Å². The van der Waals surface area contributed by atoms with Gasteiger partial charge >= 0.3 is 0 Å². The Balaban J connectivity index is 1.17. The molecule has 9 rings (SSSR count). The van der Waals surface area contributed by atoms with Crippen molar-refractivity contribution in [2.75, 3.05) is 11.9 Å². The minimum Gasteiger partial charge on any atom is -0.317 e. The number of hydrogen-bond acceptors (Lipinski definition) is 4. The first-order chi connectivity index (χ1) is 24.6. The van der Waals surface area contributed by atoms with Gasteiger partial charge in [-0.3, -0.25) is 15.5 Å². The smallest absolute Gasteiger partial charge is 0.0893 e. The van der Waals surface area contributed by atoms with Crippen molar-refractivity contribution in [2.45, 2.75) is 18.5 Å². The molecule has 0 bridgehead atoms. The highest BCUT2D eigenvalue weighted by atomic mass is 15.4. The van der Waals surface area contributed by atoms with Crippen LogP contribution in [0.5, 0.6) is 0 Å². The van der Waals surface area contributed by atoms with E-state index in [1.54, 1.807) is 0 Å². The second-order valence-corrected chi connectivity index (χ2v) is 13.2. The van der Waals surface area contributed by atoms with Gasteiger partial charge in [-0.2, -0.15) is 0 Å². The molecule has 2 aliphatic heterocycles. The predicted molar refractivity (Wildman–Crippen MR) is 209 cm³/mol. The number of nitrogens with zero attached hydrogens (tertiary/aromatic N) is 2. The van der Waals surface area contributed by atoms with Crippen LogP contribution < -0.4 is 15.5 Å². The zero-order valence-electron chi connectivity index (χ0n) is 28.0. The molecule has 7 aromatic carbocycles. The normalized spacial score (nSPS) is 19.8. The monoisotopic (exact) mass is 646 g/mol. The van der Waals surface area contributed by atoms with Crippen LogP contribution in [0, 0.1) is 0 Å². The van der Waals surface area contributed by atoms with Crippen LogP contribution in [0.25, 0.3) is 33.2 Å². The van der Waals surface area contributed by atoms with Crippen molar-refractivity contribution in [1.82, 2.24) is 15.5 Å². The molecule has 1 saturated heterocycles. The number of hydrogen-bond donors (Lipinski definition) is 2. The van der Waals surface area contributed by atoms with E-state index in [-0.39, 0.29) is 18.5 Å². The maximum Gasteiger partial charge on any atom is 0.0893 e. The molecule has 0 saturated carbocycles. The Hall–Kier alpha value is -5.78. The lowest BCUT2D eigenvalue weighted by Gasteiger charge is -2.46. The summed E-state index contributed by atoms with van der Waals surface area (Å²) in [7, 11) is 2.20. The van der Waals surface area contributed by atoms with Gasteiger partial charge in [-0.05, 0) is 86.3 Å². The lowest BCUT2D eigenvalue weighted by Crippen LogP contribution is -2.54. The summed E-state index contributed by atoms with van der Waals surface area (Å²) in [6, 6.07) is 56.6. The first-order valence-corrected chi connectivity index (χ1v) is 17.3. The standard InChI is InChI=1S/C46H38N4/c1-31-38-22-9-6-16-34(38)28-29-50(42-27-26-33-15-8-11-24-40(33)43(31)42)37-21-12-20-36(30-37)44-47-45(35-17-4-3-5-18-35)49(2)46(48-44)41-25-13-19-32-14-7-10-23-39(32)41/h3-30,44-48H,1H2,2H3/b29-28-. The van der Waals surface area contributed by atoms with Crippen LogP contribution in [-0.2, 0) is 0 Å². The Labute approximate surface area is 293 Å². The Bertz CT molecular complexity index is 2410. The largest absolute Gasteiger partial charge is 0.317 e. The molecule has 0 amide bonds. The second-order valence-electron chi connectivity index (χ2n) is 13.2. The van der Waals surface area contributed by atoms with Gasteiger partial charge in [0.15, 0.2) is 0 Å². The molecule has 2 aliphatic rings. The van der Waals surface area contributed by atoms with Crippen LogP contribution in [0.3, 0.4) is 0 Å². The molecule has 0 radical (unpaired) electrons. The average Bonchev–Trinajstić information content (AvgIpc) is 3.17. The minimum absolute atomic E-state index is 0.0106. The Morgan fingerprint density at radius 3 is 2.10 bits per heavy atom. The van der Waals surface area contributed by atoms with E-state index < -0.39 is 0 Å². The highest BCUT2D eigenvalue weighted by Crippen LogP contribution is 2.43. The molecule has 7 aromatic rings. The fraction of sp³-hybridized carbons (Fsp3) is 0.0870. The predicted octanol–water partition coefficient (Wildman–Crippen LogP) is 10.7. The van der Waals surface area contributed by atoms with Gasteiger partial charge < -0.3 is 4.90 Å². The molecule has 0 aromatic heterocycles. The summed E-state index contributed by atoms with van der Waals surface area (Å²) in [4.78, 5) is 4.72. The second kappa shape index (κ2) is 12.6. The number of benzene rings is 7. The van der Waals surface area contributed by atoms with E-state index in [9.17, 15) is 0 Å². The van der Waals surface area contributed by atoms with Gasteiger partial charge in [0.1, 0.15) is 0 Å². The fourth-order valence-corrected chi connectivity index (χ4v) is 7.85. The van der Waals surface area contributed by atoms with Crippen molar-refractivity contribution in [3.8, 4) is 0 Å². The summed E-state index contributed by atoms with van der Waals surface area (Å²) in [5.74, 6) is 0. The third-order valence-corrected chi connectivity index (χ3v) is 10.3. The molecule has 4 nitrogen and oxygen atoms in total. The first-order valence-electron chi connectivity index (χ1n) is 17.3. The summed E-state index contributed by atoms with van der Waals surface area (Å²) in [5.41, 5.74) is 10.3. The molecule has 4 heteroatoms. The number of nitrogens with one attached hydrogen (secondary N) is 2. The van der Waals surface area contributed by atoms with Crippen LogP contribution in [0.2, 0.25) is 0 Å². The van der Waals surface area contributed by atoms with Gasteiger partial charge in [-0.25, -0.2) is 0 Å². The van der Waals surface area contributed by atoms with Crippen molar-refractivity contribution in [3.05, 3.63) is 204 Å². The number of rotatable bonds is 4. The van der Waals surface area contributed by atoms with Gasteiger partial charge in [-0.15, -0.1) is 0 Å². The highest BCUT2D eigenvalue weighted by Gasteiger charge is 2.35. The number of anilines is 2. The zero-order chi connectivity index (χ0) is 33.6. The van der Waals surface area contributed by atoms with Crippen LogP contribution in [0.4, 0.5) is 11.4 Å². The third kappa shape index (κ3) is 5.22. The van der Waals surface area contributed by atoms with E-state index in [2.05, 4.69) is 204 Å². The molecule has 0 spiro atoms. The molecule has 3 atom stereocenters. The van der Waals surface area contributed by atoms with Gasteiger partial charge in [-0.1, -0.05) is 146 Å². The summed E-state index contributed by atoms with van der Waals surface area (Å²) in [5, 5.41) is 12.9. The maximum absolute atomic E-state index is 4.69. The van der Waals surface area contributed by atoms with Gasteiger partial charge in [0.05, 0.1) is 24.2 Å². The quantitative estimate of drug-likeness (QED) is 0.199. The molecule has 1 fully saturated rings. The van der Waals surface area contributed by atoms with Crippen molar-refractivity contribution < 1.29 is 0 Å². The van der Waals surface area contributed by atoms with Crippen LogP contribution >= 0.6 is 0 Å². The fourth-order valence-electron chi connectivity index (χ4n) is 7.85. The molecular weight excluding hydrogens is 609 g/mol. The Kier molecular flexibility index (Phi) is 7.63. The van der Waals surface area contributed by atoms with E-state index in [4.69, 9.17) is 0 Å². The summed E-state index contributed by atoms with van der Waals surface area (Å²) in [6.45, 7) is 4.69. The van der Waals surface area contributed by atoms with Crippen molar-refractivity contribution >= 4 is 44.6 Å². The van der Waals surface area contributed by atoms with Gasteiger partial charge in [0, 0.05) is 17.5 Å². The van der Waals surface area contributed by atoms with Crippen molar-refractivity contribution in [1.29, 1.82) is 0 Å². The highest BCUT2D eigenvalue weighted by molar-refractivity contribution is 6.05. The molecule has 2 N–H and O–H groups in total. The van der Waals surface area contributed by atoms with E-state index in [0.717, 1.165) is 33.6 Å². The van der Waals surface area contributed by atoms with E-state index in [1.165, 1.54) is 38.2 Å². The van der Waals surface area contributed by atoms with E-state index >= 15 is 0 Å². The third-order valence-electron chi connectivity index (χ3n) is 10.3. The minimum atomic E-state index is -0.120.